The van der Waals surface area contributed by atoms with Gasteiger partial charge in [-0.2, -0.15) is 0 Å². The molecule has 1 aromatic carbocycles. The molecule has 0 radical (unpaired) electrons. The van der Waals surface area contributed by atoms with Crippen molar-refractivity contribution in [2.45, 2.75) is 6.92 Å². The van der Waals surface area contributed by atoms with Gasteiger partial charge in [0, 0.05) is 0 Å². The first-order valence-electron chi connectivity index (χ1n) is 4.95. The predicted octanol–water partition coefficient (Wildman–Crippen LogP) is 4.65. The van der Waals surface area contributed by atoms with Gasteiger partial charge in [-0.1, -0.05) is 62.2 Å². The van der Waals surface area contributed by atoms with Gasteiger partial charge in [0.05, 0.1) is 0 Å². The van der Waals surface area contributed by atoms with E-state index in [1.165, 1.54) is 0 Å². The molecule has 15 heavy (non-hydrogen) atoms. The third-order valence-electron chi connectivity index (χ3n) is 2.33. The Balaban J connectivity index is 3.53. The number of benzene rings is 1. The average Bonchev–Trinajstić information content (AvgIpc) is 2.28. The molecule has 0 aromatic heterocycles. The summed E-state index contributed by atoms with van der Waals surface area (Å²) in [6, 6.07) is 4.12. The highest BCUT2D eigenvalue weighted by molar-refractivity contribution is 5.78. The van der Waals surface area contributed by atoms with Gasteiger partial charge < -0.3 is 0 Å². The number of allylic oxidation sites excluding steroid dienone is 1. The van der Waals surface area contributed by atoms with Gasteiger partial charge in [0.25, 0.3) is 0 Å². The van der Waals surface area contributed by atoms with Crippen LogP contribution in [0.3, 0.4) is 0 Å². The summed E-state index contributed by atoms with van der Waals surface area (Å²) in [4.78, 5) is 0. The summed E-state index contributed by atoms with van der Waals surface area (Å²) in [5, 5.41) is 0. The molecule has 0 bridgehead atoms. The first kappa shape index (κ1) is 11.3. The molecule has 0 heterocycles. The van der Waals surface area contributed by atoms with Gasteiger partial charge in [-0.3, -0.25) is 0 Å². The highest BCUT2D eigenvalue weighted by atomic mass is 14.1. The van der Waals surface area contributed by atoms with E-state index in [-0.39, 0.29) is 0 Å². The van der Waals surface area contributed by atoms with Crippen molar-refractivity contribution in [1.29, 1.82) is 0 Å². The van der Waals surface area contributed by atoms with Crippen LogP contribution in [0, 0.1) is 0 Å². The second kappa shape index (κ2) is 5.16. The van der Waals surface area contributed by atoms with Crippen molar-refractivity contribution >= 4 is 24.3 Å². The third kappa shape index (κ3) is 2.16. The van der Waals surface area contributed by atoms with E-state index in [1.807, 2.05) is 37.3 Å². The lowest BCUT2D eigenvalue weighted by Crippen LogP contribution is -1.89. The molecule has 0 nitrogen and oxygen atoms in total. The maximum atomic E-state index is 3.84. The minimum atomic E-state index is 1.09. The normalized spacial score (nSPS) is 10.2. The van der Waals surface area contributed by atoms with Crippen LogP contribution in [-0.2, 0) is 0 Å². The second-order valence-electron chi connectivity index (χ2n) is 3.18. The Morgan fingerprint density at radius 3 is 1.87 bits per heavy atom. The van der Waals surface area contributed by atoms with Crippen molar-refractivity contribution in [3.05, 3.63) is 60.2 Å². The summed E-state index contributed by atoms with van der Waals surface area (Å²) in [6.45, 7) is 13.5. The molecular formula is C15H16. The highest BCUT2D eigenvalue weighted by Crippen LogP contribution is 2.23. The number of rotatable bonds is 4. The van der Waals surface area contributed by atoms with Crippen LogP contribution in [0.4, 0.5) is 0 Å². The molecule has 0 atom stereocenters. The molecule has 0 heteroatoms. The van der Waals surface area contributed by atoms with Gasteiger partial charge in [0.2, 0.25) is 0 Å². The van der Waals surface area contributed by atoms with Crippen LogP contribution in [0.1, 0.15) is 29.2 Å². The fourth-order valence-electron chi connectivity index (χ4n) is 1.63. The maximum Gasteiger partial charge on any atom is -0.0112 e. The molecule has 0 fully saturated rings. The summed E-state index contributed by atoms with van der Waals surface area (Å²) >= 11 is 0. The van der Waals surface area contributed by atoms with E-state index in [1.54, 1.807) is 0 Å². The summed E-state index contributed by atoms with van der Waals surface area (Å²) in [6.07, 6.45) is 9.63. The third-order valence-corrected chi connectivity index (χ3v) is 2.33. The second-order valence-corrected chi connectivity index (χ2v) is 3.18. The summed E-state index contributed by atoms with van der Waals surface area (Å²) in [7, 11) is 0. The van der Waals surface area contributed by atoms with Crippen LogP contribution >= 0.6 is 0 Å². The lowest BCUT2D eigenvalue weighted by molar-refractivity contribution is 1.54. The molecule has 0 saturated carbocycles. The molecule has 0 aliphatic carbocycles. The van der Waals surface area contributed by atoms with E-state index in [2.05, 4.69) is 31.9 Å². The van der Waals surface area contributed by atoms with Crippen molar-refractivity contribution in [2.75, 3.05) is 0 Å². The highest BCUT2D eigenvalue weighted by Gasteiger charge is 2.04. The summed E-state index contributed by atoms with van der Waals surface area (Å²) in [5.41, 5.74) is 4.46. The molecule has 0 aliphatic rings. The van der Waals surface area contributed by atoms with E-state index < -0.39 is 0 Å². The smallest absolute Gasteiger partial charge is 0.0112 e. The lowest BCUT2D eigenvalue weighted by atomic mass is 9.95. The van der Waals surface area contributed by atoms with E-state index >= 15 is 0 Å². The molecule has 0 spiro atoms. The van der Waals surface area contributed by atoms with E-state index in [0.717, 1.165) is 22.3 Å². The van der Waals surface area contributed by atoms with Gasteiger partial charge in [-0.15, -0.1) is 0 Å². The van der Waals surface area contributed by atoms with Crippen molar-refractivity contribution in [3.63, 3.8) is 0 Å². The zero-order valence-corrected chi connectivity index (χ0v) is 9.16. The van der Waals surface area contributed by atoms with Crippen molar-refractivity contribution in [2.24, 2.45) is 0 Å². The van der Waals surface area contributed by atoms with Crippen LogP contribution in [0.2, 0.25) is 0 Å². The van der Waals surface area contributed by atoms with Gasteiger partial charge in [0.15, 0.2) is 0 Å². The molecule has 0 amide bonds. The zero-order valence-electron chi connectivity index (χ0n) is 9.16. The number of hydrogen-bond acceptors (Lipinski definition) is 0. The Hall–Kier alpha value is -1.82. The first-order chi connectivity index (χ1) is 7.28. The van der Waals surface area contributed by atoms with Gasteiger partial charge in [-0.25, -0.2) is 0 Å². The molecule has 0 N–H and O–H groups in total. The number of hydrogen-bond donors (Lipinski definition) is 0. The Morgan fingerprint density at radius 1 is 0.867 bits per heavy atom. The van der Waals surface area contributed by atoms with Crippen molar-refractivity contribution in [3.8, 4) is 0 Å². The lowest BCUT2D eigenvalue weighted by Gasteiger charge is -2.09. The first-order valence-corrected chi connectivity index (χ1v) is 4.95. The minimum Gasteiger partial charge on any atom is -0.0984 e. The minimum absolute atomic E-state index is 1.09. The zero-order chi connectivity index (χ0) is 11.3. The maximum absolute atomic E-state index is 3.84. The van der Waals surface area contributed by atoms with E-state index in [0.29, 0.717) is 0 Å². The Kier molecular flexibility index (Phi) is 3.87. The quantitative estimate of drug-likeness (QED) is 0.657. The van der Waals surface area contributed by atoms with Gasteiger partial charge >= 0.3 is 0 Å². The fourth-order valence-corrected chi connectivity index (χ4v) is 1.63. The van der Waals surface area contributed by atoms with Gasteiger partial charge in [-0.05, 0) is 29.2 Å². The predicted molar refractivity (Wildman–Crippen MR) is 71.4 cm³/mol. The van der Waals surface area contributed by atoms with Crippen LogP contribution in [0.5, 0.6) is 0 Å². The molecule has 0 unspecified atom stereocenters. The molecule has 76 valence electrons. The van der Waals surface area contributed by atoms with Crippen LogP contribution < -0.4 is 0 Å². The van der Waals surface area contributed by atoms with Crippen LogP contribution in [0.15, 0.2) is 37.9 Å². The largest absolute Gasteiger partial charge is 0.0984 e. The molecule has 1 rings (SSSR count). The Labute approximate surface area is 92.0 Å². The molecule has 0 aliphatic heterocycles. The Morgan fingerprint density at radius 2 is 1.40 bits per heavy atom. The monoisotopic (exact) mass is 196 g/mol. The van der Waals surface area contributed by atoms with Crippen molar-refractivity contribution < 1.29 is 0 Å². The SMILES string of the molecule is C=Cc1ccc(/C=C\C)c(C=C)c1C=C. The van der Waals surface area contributed by atoms with Crippen LogP contribution in [-0.4, -0.2) is 0 Å². The topological polar surface area (TPSA) is 0 Å². The van der Waals surface area contributed by atoms with Crippen molar-refractivity contribution in [1.82, 2.24) is 0 Å². The molecule has 1 aromatic rings. The summed E-state index contributed by atoms with van der Waals surface area (Å²) in [5.74, 6) is 0. The summed E-state index contributed by atoms with van der Waals surface area (Å²) < 4.78 is 0. The molecule has 0 saturated heterocycles. The Bertz CT molecular complexity index is 420. The molecular weight excluding hydrogens is 180 g/mol. The van der Waals surface area contributed by atoms with E-state index in [9.17, 15) is 0 Å². The fraction of sp³-hybridized carbons (Fsp3) is 0.0667. The standard InChI is InChI=1S/C15H16/c1-5-9-13-11-10-12(6-2)14(7-3)15(13)8-4/h5-11H,2-4H2,1H3/b9-5-. The average molecular weight is 196 g/mol. The van der Waals surface area contributed by atoms with Crippen LogP contribution in [0.25, 0.3) is 24.3 Å². The van der Waals surface area contributed by atoms with Gasteiger partial charge in [0.1, 0.15) is 0 Å². The van der Waals surface area contributed by atoms with E-state index in [4.69, 9.17) is 0 Å².